The van der Waals surface area contributed by atoms with Gasteiger partial charge in [-0.2, -0.15) is 0 Å². The molecule has 1 rings (SSSR count). The van der Waals surface area contributed by atoms with Crippen LogP contribution in [0, 0.1) is 0 Å². The Balaban J connectivity index is 3.30. The number of halogens is 4. The smallest absolute Gasteiger partial charge is 0.268 e. The first-order valence-corrected chi connectivity index (χ1v) is 5.19. The molecule has 0 aliphatic rings. The van der Waals surface area contributed by atoms with Crippen LogP contribution in [-0.2, 0) is 5.33 Å². The van der Waals surface area contributed by atoms with Crippen molar-refractivity contribution in [2.24, 2.45) is 0 Å². The normalized spacial score (nSPS) is 10.8. The molecular formula is C7H5Br2F2NO. The highest BCUT2D eigenvalue weighted by Gasteiger charge is 2.19. The lowest BCUT2D eigenvalue weighted by atomic mass is 10.2. The van der Waals surface area contributed by atoms with Crippen molar-refractivity contribution >= 4 is 31.9 Å². The highest BCUT2D eigenvalue weighted by atomic mass is 79.9. The van der Waals surface area contributed by atoms with Crippen LogP contribution in [0.3, 0.4) is 0 Å². The summed E-state index contributed by atoms with van der Waals surface area (Å²) in [7, 11) is 0. The van der Waals surface area contributed by atoms with Gasteiger partial charge in [0.15, 0.2) is 0 Å². The van der Waals surface area contributed by atoms with Crippen LogP contribution < -0.4 is 0 Å². The maximum atomic E-state index is 12.4. The molecule has 0 bridgehead atoms. The molecule has 0 aliphatic heterocycles. The van der Waals surface area contributed by atoms with Gasteiger partial charge in [-0.25, -0.2) is 8.78 Å². The molecule has 1 aromatic heterocycles. The zero-order valence-electron chi connectivity index (χ0n) is 6.27. The van der Waals surface area contributed by atoms with Gasteiger partial charge < -0.3 is 5.11 Å². The fourth-order valence-corrected chi connectivity index (χ4v) is 1.71. The molecular weight excluding hydrogens is 312 g/mol. The molecule has 2 nitrogen and oxygen atoms in total. The molecule has 0 radical (unpaired) electrons. The molecule has 1 N–H and O–H groups in total. The Kier molecular flexibility index (Phi) is 3.61. The van der Waals surface area contributed by atoms with Crippen LogP contribution in [0.4, 0.5) is 8.78 Å². The van der Waals surface area contributed by atoms with Gasteiger partial charge in [0.2, 0.25) is 0 Å². The zero-order chi connectivity index (χ0) is 10.0. The van der Waals surface area contributed by atoms with E-state index in [2.05, 4.69) is 36.8 Å². The maximum Gasteiger partial charge on any atom is 0.268 e. The lowest BCUT2D eigenvalue weighted by molar-refractivity contribution is 0.146. The van der Waals surface area contributed by atoms with Crippen molar-refractivity contribution in [3.8, 4) is 5.75 Å². The van der Waals surface area contributed by atoms with Gasteiger partial charge in [0.1, 0.15) is 5.75 Å². The number of alkyl halides is 3. The molecule has 0 aliphatic carbocycles. The lowest BCUT2D eigenvalue weighted by Gasteiger charge is -2.08. The summed E-state index contributed by atoms with van der Waals surface area (Å²) in [6.45, 7) is 0. The molecule has 72 valence electrons. The minimum absolute atomic E-state index is 0.115. The minimum atomic E-state index is -2.71. The first-order valence-electron chi connectivity index (χ1n) is 3.28. The van der Waals surface area contributed by atoms with Crippen LogP contribution in [-0.4, -0.2) is 10.1 Å². The topological polar surface area (TPSA) is 33.1 Å². The van der Waals surface area contributed by atoms with Gasteiger partial charge in [-0.3, -0.25) is 4.98 Å². The molecule has 6 heteroatoms. The van der Waals surface area contributed by atoms with Crippen molar-refractivity contribution in [2.45, 2.75) is 11.8 Å². The third-order valence-electron chi connectivity index (χ3n) is 1.46. The van der Waals surface area contributed by atoms with Crippen molar-refractivity contribution in [3.63, 3.8) is 0 Å². The van der Waals surface area contributed by atoms with E-state index in [1.807, 2.05) is 0 Å². The number of rotatable bonds is 2. The Morgan fingerprint density at radius 1 is 1.54 bits per heavy atom. The van der Waals surface area contributed by atoms with Crippen LogP contribution >= 0.6 is 31.9 Å². The number of hydrogen-bond acceptors (Lipinski definition) is 2. The molecule has 0 unspecified atom stereocenters. The third-order valence-corrected chi connectivity index (χ3v) is 2.63. The first-order chi connectivity index (χ1) is 6.07. The molecule has 0 fully saturated rings. The van der Waals surface area contributed by atoms with Crippen molar-refractivity contribution in [3.05, 3.63) is 21.9 Å². The van der Waals surface area contributed by atoms with Gasteiger partial charge in [0.05, 0.1) is 11.3 Å². The lowest BCUT2D eigenvalue weighted by Crippen LogP contribution is -1.94. The van der Waals surface area contributed by atoms with Crippen LogP contribution in [0.1, 0.15) is 17.7 Å². The second kappa shape index (κ2) is 4.32. The predicted molar refractivity (Wildman–Crippen MR) is 51.2 cm³/mol. The molecule has 0 saturated carbocycles. The molecule has 0 atom stereocenters. The Morgan fingerprint density at radius 2 is 2.15 bits per heavy atom. The van der Waals surface area contributed by atoms with Crippen LogP contribution in [0.25, 0.3) is 0 Å². The summed E-state index contributed by atoms with van der Waals surface area (Å²) in [4.78, 5) is 3.76. The van der Waals surface area contributed by atoms with Crippen LogP contribution in [0.2, 0.25) is 0 Å². The predicted octanol–water partition coefficient (Wildman–Crippen LogP) is 3.38. The van der Waals surface area contributed by atoms with Crippen molar-refractivity contribution in [1.82, 2.24) is 4.98 Å². The van der Waals surface area contributed by atoms with E-state index in [4.69, 9.17) is 0 Å². The van der Waals surface area contributed by atoms with E-state index in [0.717, 1.165) is 0 Å². The summed E-state index contributed by atoms with van der Waals surface area (Å²) in [5.74, 6) is -0.457. The summed E-state index contributed by atoms with van der Waals surface area (Å²) in [5, 5.41) is 9.58. The third kappa shape index (κ3) is 2.17. The number of pyridine rings is 1. The highest BCUT2D eigenvalue weighted by molar-refractivity contribution is 9.10. The molecule has 0 amide bonds. The van der Waals surface area contributed by atoms with E-state index in [9.17, 15) is 13.9 Å². The summed E-state index contributed by atoms with van der Waals surface area (Å²) in [6, 6.07) is 0. The minimum Gasteiger partial charge on any atom is -0.505 e. The van der Waals surface area contributed by atoms with E-state index in [-0.39, 0.29) is 15.5 Å². The van der Waals surface area contributed by atoms with Gasteiger partial charge in [0, 0.05) is 16.0 Å². The van der Waals surface area contributed by atoms with E-state index in [0.29, 0.717) is 0 Å². The molecule has 0 spiro atoms. The fourth-order valence-electron chi connectivity index (χ4n) is 0.839. The number of nitrogens with zero attached hydrogens (tertiary/aromatic N) is 1. The van der Waals surface area contributed by atoms with E-state index >= 15 is 0 Å². The van der Waals surface area contributed by atoms with Crippen molar-refractivity contribution < 1.29 is 13.9 Å². The SMILES string of the molecule is Oc1c(CBr)ncc(Br)c1C(F)F. The summed E-state index contributed by atoms with van der Waals surface area (Å²) >= 11 is 5.93. The second-order valence-electron chi connectivity index (χ2n) is 2.25. The number of aromatic hydroxyl groups is 1. The molecule has 13 heavy (non-hydrogen) atoms. The number of hydrogen-bond donors (Lipinski definition) is 1. The highest BCUT2D eigenvalue weighted by Crippen LogP contribution is 2.36. The average molecular weight is 317 g/mol. The number of aromatic nitrogens is 1. The first kappa shape index (κ1) is 10.8. The van der Waals surface area contributed by atoms with Gasteiger partial charge in [0.25, 0.3) is 6.43 Å². The second-order valence-corrected chi connectivity index (χ2v) is 3.66. The van der Waals surface area contributed by atoms with Gasteiger partial charge >= 0.3 is 0 Å². The van der Waals surface area contributed by atoms with E-state index in [1.54, 1.807) is 0 Å². The molecule has 0 saturated heterocycles. The quantitative estimate of drug-likeness (QED) is 0.848. The summed E-state index contributed by atoms with van der Waals surface area (Å²) < 4.78 is 24.9. The Morgan fingerprint density at radius 3 is 2.62 bits per heavy atom. The van der Waals surface area contributed by atoms with Gasteiger partial charge in [-0.15, -0.1) is 0 Å². The average Bonchev–Trinajstić information content (AvgIpc) is 2.04. The summed E-state index contributed by atoms with van der Waals surface area (Å²) in [5.41, 5.74) is -0.206. The monoisotopic (exact) mass is 315 g/mol. The molecule has 0 aromatic carbocycles. The standard InChI is InChI=1S/C7H5Br2F2NO/c8-1-4-6(13)5(7(10)11)3(9)2-12-4/h2,7,13H,1H2. The fraction of sp³-hybridized carbons (Fsp3) is 0.286. The van der Waals surface area contributed by atoms with Crippen LogP contribution in [0.5, 0.6) is 5.75 Å². The van der Waals surface area contributed by atoms with Gasteiger partial charge in [-0.1, -0.05) is 15.9 Å². The molecule has 1 aromatic rings. The van der Waals surface area contributed by atoms with E-state index in [1.165, 1.54) is 6.20 Å². The Hall–Kier alpha value is -0.230. The van der Waals surface area contributed by atoms with E-state index < -0.39 is 17.7 Å². The van der Waals surface area contributed by atoms with Gasteiger partial charge in [-0.05, 0) is 15.9 Å². The Bertz CT molecular complexity index is 320. The Labute approximate surface area is 90.2 Å². The zero-order valence-corrected chi connectivity index (χ0v) is 9.44. The summed E-state index contributed by atoms with van der Waals surface area (Å²) in [6.07, 6.45) is -1.46. The largest absolute Gasteiger partial charge is 0.505 e. The van der Waals surface area contributed by atoms with Crippen LogP contribution in [0.15, 0.2) is 10.7 Å². The maximum absolute atomic E-state index is 12.4. The van der Waals surface area contributed by atoms with Crippen molar-refractivity contribution in [1.29, 1.82) is 0 Å². The van der Waals surface area contributed by atoms with Crippen molar-refractivity contribution in [2.75, 3.05) is 0 Å². The molecule has 1 heterocycles.